The highest BCUT2D eigenvalue weighted by Crippen LogP contribution is 2.22. The molecule has 0 unspecified atom stereocenters. The molecular formula is C17H19NO2. The molecule has 3 nitrogen and oxygen atoms in total. The Morgan fingerprint density at radius 3 is 1.85 bits per heavy atom. The van der Waals surface area contributed by atoms with Gasteiger partial charge in [-0.1, -0.05) is 60.7 Å². The maximum atomic E-state index is 10.8. The van der Waals surface area contributed by atoms with Gasteiger partial charge in [0.15, 0.2) is 0 Å². The first kappa shape index (κ1) is 14.3. The Hall–Kier alpha value is -2.13. The first-order chi connectivity index (χ1) is 9.66. The lowest BCUT2D eigenvalue weighted by atomic mass is 9.97. The summed E-state index contributed by atoms with van der Waals surface area (Å²) in [5, 5.41) is 12.3. The monoisotopic (exact) mass is 269 g/mol. The molecule has 0 heterocycles. The van der Waals surface area contributed by atoms with E-state index in [0.29, 0.717) is 0 Å². The molecule has 2 aromatic rings. The Morgan fingerprint density at radius 1 is 1.00 bits per heavy atom. The molecule has 0 saturated heterocycles. The van der Waals surface area contributed by atoms with E-state index in [1.165, 1.54) is 0 Å². The summed E-state index contributed by atoms with van der Waals surface area (Å²) in [4.78, 5) is 10.8. The Balaban J connectivity index is 2.24. The third kappa shape index (κ3) is 3.93. The molecule has 0 aromatic heterocycles. The number of carboxylic acid groups (broad SMARTS) is 1. The molecule has 0 aliphatic rings. The van der Waals surface area contributed by atoms with Gasteiger partial charge in [-0.15, -0.1) is 0 Å². The molecule has 2 N–H and O–H groups in total. The normalized spacial score (nSPS) is 12.3. The van der Waals surface area contributed by atoms with Crippen LogP contribution in [0.15, 0.2) is 60.7 Å². The van der Waals surface area contributed by atoms with Crippen molar-refractivity contribution in [3.05, 3.63) is 71.8 Å². The van der Waals surface area contributed by atoms with Crippen molar-refractivity contribution in [3.8, 4) is 0 Å². The molecule has 2 aromatic carbocycles. The van der Waals surface area contributed by atoms with Crippen molar-refractivity contribution in [2.45, 2.75) is 25.4 Å². The van der Waals surface area contributed by atoms with Gasteiger partial charge >= 0.3 is 5.97 Å². The lowest BCUT2D eigenvalue weighted by Crippen LogP contribution is -2.33. The molecule has 0 aliphatic heterocycles. The largest absolute Gasteiger partial charge is 0.481 e. The van der Waals surface area contributed by atoms with E-state index >= 15 is 0 Å². The SMILES string of the molecule is C[C@@H](CC(=O)O)NC(c1ccccc1)c1ccccc1. The fourth-order valence-electron chi connectivity index (χ4n) is 2.28. The molecule has 0 spiro atoms. The van der Waals surface area contributed by atoms with Gasteiger partial charge in [-0.3, -0.25) is 4.79 Å². The molecule has 3 heteroatoms. The summed E-state index contributed by atoms with van der Waals surface area (Å²) in [6.07, 6.45) is 0.107. The van der Waals surface area contributed by atoms with Gasteiger partial charge in [0.25, 0.3) is 0 Å². The van der Waals surface area contributed by atoms with Crippen molar-refractivity contribution in [3.63, 3.8) is 0 Å². The van der Waals surface area contributed by atoms with E-state index in [0.717, 1.165) is 11.1 Å². The number of hydrogen-bond donors (Lipinski definition) is 2. The fraction of sp³-hybridized carbons (Fsp3) is 0.235. The lowest BCUT2D eigenvalue weighted by molar-refractivity contribution is -0.137. The van der Waals surface area contributed by atoms with Gasteiger partial charge in [-0.05, 0) is 18.1 Å². The van der Waals surface area contributed by atoms with Crippen molar-refractivity contribution in [2.24, 2.45) is 0 Å². The molecule has 0 amide bonds. The highest BCUT2D eigenvalue weighted by molar-refractivity contribution is 5.67. The Morgan fingerprint density at radius 2 is 1.45 bits per heavy atom. The van der Waals surface area contributed by atoms with E-state index in [2.05, 4.69) is 29.6 Å². The van der Waals surface area contributed by atoms with Crippen molar-refractivity contribution in [2.75, 3.05) is 0 Å². The van der Waals surface area contributed by atoms with Gasteiger partial charge in [-0.2, -0.15) is 0 Å². The van der Waals surface area contributed by atoms with Crippen molar-refractivity contribution in [1.29, 1.82) is 0 Å². The predicted molar refractivity (Wildman–Crippen MR) is 79.6 cm³/mol. The molecule has 0 saturated carbocycles. The van der Waals surface area contributed by atoms with Crippen molar-refractivity contribution in [1.82, 2.24) is 5.32 Å². The number of aliphatic carboxylic acids is 1. The third-order valence-corrected chi connectivity index (χ3v) is 3.20. The molecule has 0 aliphatic carbocycles. The maximum absolute atomic E-state index is 10.8. The van der Waals surface area contributed by atoms with E-state index < -0.39 is 5.97 Å². The molecule has 0 bridgehead atoms. The first-order valence-electron chi connectivity index (χ1n) is 6.74. The second-order valence-corrected chi connectivity index (χ2v) is 4.92. The highest BCUT2D eigenvalue weighted by Gasteiger charge is 2.17. The van der Waals surface area contributed by atoms with Gasteiger partial charge in [0.1, 0.15) is 0 Å². The molecule has 104 valence electrons. The highest BCUT2D eigenvalue weighted by atomic mass is 16.4. The van der Waals surface area contributed by atoms with E-state index in [-0.39, 0.29) is 18.5 Å². The minimum atomic E-state index is -0.787. The minimum Gasteiger partial charge on any atom is -0.481 e. The summed E-state index contributed by atoms with van der Waals surface area (Å²) in [6, 6.07) is 20.1. The molecular weight excluding hydrogens is 250 g/mol. The number of carboxylic acids is 1. The van der Waals surface area contributed by atoms with Crippen LogP contribution in [0.2, 0.25) is 0 Å². The number of nitrogens with one attached hydrogen (secondary N) is 1. The number of hydrogen-bond acceptors (Lipinski definition) is 2. The maximum Gasteiger partial charge on any atom is 0.304 e. The Bertz CT molecular complexity index is 500. The molecule has 0 radical (unpaired) electrons. The van der Waals surface area contributed by atoms with E-state index in [1.54, 1.807) is 0 Å². The summed E-state index contributed by atoms with van der Waals surface area (Å²) >= 11 is 0. The number of carbonyl (C=O) groups is 1. The van der Waals surface area contributed by atoms with Crippen LogP contribution in [-0.4, -0.2) is 17.1 Å². The predicted octanol–water partition coefficient (Wildman–Crippen LogP) is 3.23. The fourth-order valence-corrected chi connectivity index (χ4v) is 2.28. The van der Waals surface area contributed by atoms with Crippen LogP contribution in [0.3, 0.4) is 0 Å². The lowest BCUT2D eigenvalue weighted by Gasteiger charge is -2.23. The van der Waals surface area contributed by atoms with Crippen LogP contribution >= 0.6 is 0 Å². The van der Waals surface area contributed by atoms with Crippen LogP contribution in [-0.2, 0) is 4.79 Å². The average Bonchev–Trinajstić information content (AvgIpc) is 2.46. The van der Waals surface area contributed by atoms with Gasteiger partial charge in [0, 0.05) is 6.04 Å². The topological polar surface area (TPSA) is 49.3 Å². The molecule has 20 heavy (non-hydrogen) atoms. The van der Waals surface area contributed by atoms with E-state index in [1.807, 2.05) is 43.3 Å². The van der Waals surface area contributed by atoms with E-state index in [9.17, 15) is 4.79 Å². The zero-order valence-corrected chi connectivity index (χ0v) is 11.5. The second-order valence-electron chi connectivity index (χ2n) is 4.92. The summed E-state index contributed by atoms with van der Waals surface area (Å²) in [7, 11) is 0. The Labute approximate surface area is 119 Å². The molecule has 1 atom stereocenters. The first-order valence-corrected chi connectivity index (χ1v) is 6.74. The number of benzene rings is 2. The van der Waals surface area contributed by atoms with Crippen LogP contribution in [0.25, 0.3) is 0 Å². The van der Waals surface area contributed by atoms with Crippen molar-refractivity contribution < 1.29 is 9.90 Å². The van der Waals surface area contributed by atoms with Crippen LogP contribution in [0, 0.1) is 0 Å². The van der Waals surface area contributed by atoms with Crippen LogP contribution in [0.1, 0.15) is 30.5 Å². The van der Waals surface area contributed by atoms with Crippen LogP contribution in [0.5, 0.6) is 0 Å². The van der Waals surface area contributed by atoms with Crippen LogP contribution < -0.4 is 5.32 Å². The van der Waals surface area contributed by atoms with Gasteiger partial charge in [-0.25, -0.2) is 0 Å². The summed E-state index contributed by atoms with van der Waals surface area (Å²) in [5.41, 5.74) is 2.27. The zero-order valence-electron chi connectivity index (χ0n) is 11.5. The molecule has 2 rings (SSSR count). The summed E-state index contributed by atoms with van der Waals surface area (Å²) in [6.45, 7) is 1.90. The van der Waals surface area contributed by atoms with Crippen LogP contribution in [0.4, 0.5) is 0 Å². The quantitative estimate of drug-likeness (QED) is 0.846. The summed E-state index contributed by atoms with van der Waals surface area (Å²) in [5.74, 6) is -0.787. The molecule has 0 fully saturated rings. The zero-order chi connectivity index (χ0) is 14.4. The van der Waals surface area contributed by atoms with Gasteiger partial charge in [0.2, 0.25) is 0 Å². The minimum absolute atomic E-state index is 0.00625. The standard InChI is InChI=1S/C17H19NO2/c1-13(12-16(19)20)18-17(14-8-4-2-5-9-14)15-10-6-3-7-11-15/h2-11,13,17-18H,12H2,1H3,(H,19,20)/t13-/m0/s1. The third-order valence-electron chi connectivity index (χ3n) is 3.20. The Kier molecular flexibility index (Phi) is 4.91. The smallest absolute Gasteiger partial charge is 0.304 e. The van der Waals surface area contributed by atoms with Gasteiger partial charge in [0.05, 0.1) is 12.5 Å². The second kappa shape index (κ2) is 6.87. The average molecular weight is 269 g/mol. The number of rotatable bonds is 6. The van der Waals surface area contributed by atoms with Crippen molar-refractivity contribution >= 4 is 5.97 Å². The van der Waals surface area contributed by atoms with Gasteiger partial charge < -0.3 is 10.4 Å². The summed E-state index contributed by atoms with van der Waals surface area (Å²) < 4.78 is 0. The van der Waals surface area contributed by atoms with E-state index in [4.69, 9.17) is 5.11 Å².